The Morgan fingerprint density at radius 1 is 1.35 bits per heavy atom. The molecule has 1 aromatic heterocycles. The molecule has 0 aliphatic heterocycles. The Morgan fingerprint density at radius 2 is 2.15 bits per heavy atom. The molecule has 0 unspecified atom stereocenters. The molecule has 104 valence electrons. The van der Waals surface area contributed by atoms with Crippen molar-refractivity contribution in [2.24, 2.45) is 0 Å². The molecule has 6 heteroatoms. The molecular weight excluding hydrogens is 262 g/mol. The molecule has 0 spiro atoms. The van der Waals surface area contributed by atoms with Gasteiger partial charge < -0.3 is 14.4 Å². The fourth-order valence-electron chi connectivity index (χ4n) is 1.75. The van der Waals surface area contributed by atoms with Gasteiger partial charge in [-0.3, -0.25) is 9.59 Å². The van der Waals surface area contributed by atoms with E-state index < -0.39 is 18.2 Å². The first kappa shape index (κ1) is 14.0. The number of aliphatic carboxylic acids is 1. The van der Waals surface area contributed by atoms with Gasteiger partial charge in [-0.25, -0.2) is 0 Å². The molecule has 2 rings (SSSR count). The molecule has 1 aromatic carbocycles. The van der Waals surface area contributed by atoms with E-state index in [1.807, 2.05) is 0 Å². The van der Waals surface area contributed by atoms with Crippen LogP contribution in [-0.4, -0.2) is 29.1 Å². The molecule has 0 aliphatic carbocycles. The van der Waals surface area contributed by atoms with E-state index in [1.165, 1.54) is 0 Å². The molecule has 0 aliphatic rings. The first-order chi connectivity index (χ1) is 9.60. The molecule has 0 radical (unpaired) electrons. The van der Waals surface area contributed by atoms with E-state index in [0.717, 1.165) is 0 Å². The number of rotatable bonds is 6. The molecule has 1 heterocycles. The fraction of sp³-hybridized carbons (Fsp3) is 0.214. The molecule has 0 saturated carbocycles. The van der Waals surface area contributed by atoms with Gasteiger partial charge in [0.2, 0.25) is 0 Å². The van der Waals surface area contributed by atoms with Gasteiger partial charge in [-0.15, -0.1) is 0 Å². The van der Waals surface area contributed by atoms with Crippen molar-refractivity contribution in [1.82, 2.24) is 5.16 Å². The highest BCUT2D eigenvalue weighted by Crippen LogP contribution is 2.22. The van der Waals surface area contributed by atoms with Crippen LogP contribution < -0.4 is 0 Å². The molecule has 2 aromatic rings. The van der Waals surface area contributed by atoms with Gasteiger partial charge in [-0.05, 0) is 6.07 Å². The highest BCUT2D eigenvalue weighted by molar-refractivity contribution is 6.05. The zero-order valence-corrected chi connectivity index (χ0v) is 10.8. The summed E-state index contributed by atoms with van der Waals surface area (Å²) in [5, 5.41) is 12.5. The largest absolute Gasteiger partial charge is 0.481 e. The quantitative estimate of drug-likeness (QED) is 0.641. The van der Waals surface area contributed by atoms with E-state index in [1.54, 1.807) is 37.4 Å². The SMILES string of the molecule is COCc1cc(-c2cccc(C(=O)CC(=O)O)c2)on1. The number of carboxylic acid groups (broad SMARTS) is 1. The number of carbonyl (C=O) groups is 2. The first-order valence-electron chi connectivity index (χ1n) is 5.90. The smallest absolute Gasteiger partial charge is 0.311 e. The molecule has 0 amide bonds. The van der Waals surface area contributed by atoms with E-state index in [0.29, 0.717) is 29.2 Å². The van der Waals surface area contributed by atoms with Crippen molar-refractivity contribution < 1.29 is 24.0 Å². The van der Waals surface area contributed by atoms with Gasteiger partial charge in [0, 0.05) is 24.3 Å². The maximum absolute atomic E-state index is 11.7. The lowest BCUT2D eigenvalue weighted by atomic mass is 10.0. The molecule has 0 atom stereocenters. The standard InChI is InChI=1S/C14H13NO5/c1-19-8-11-6-13(20-15-11)10-4-2-3-9(5-10)12(16)7-14(17)18/h2-6H,7-8H2,1H3,(H,17,18). The second-order valence-electron chi connectivity index (χ2n) is 4.19. The summed E-state index contributed by atoms with van der Waals surface area (Å²) >= 11 is 0. The summed E-state index contributed by atoms with van der Waals surface area (Å²) in [7, 11) is 1.56. The average Bonchev–Trinajstić information content (AvgIpc) is 2.87. The number of nitrogens with zero attached hydrogens (tertiary/aromatic N) is 1. The van der Waals surface area contributed by atoms with E-state index in [4.69, 9.17) is 14.4 Å². The lowest BCUT2D eigenvalue weighted by molar-refractivity contribution is -0.135. The van der Waals surface area contributed by atoms with Crippen LogP contribution in [0.4, 0.5) is 0 Å². The number of ether oxygens (including phenoxy) is 1. The second-order valence-corrected chi connectivity index (χ2v) is 4.19. The van der Waals surface area contributed by atoms with Crippen molar-refractivity contribution in [1.29, 1.82) is 0 Å². The third-order valence-electron chi connectivity index (χ3n) is 2.63. The molecule has 20 heavy (non-hydrogen) atoms. The molecular formula is C14H13NO5. The van der Waals surface area contributed by atoms with Crippen LogP contribution in [-0.2, 0) is 16.1 Å². The van der Waals surface area contributed by atoms with Crippen LogP contribution in [0.15, 0.2) is 34.9 Å². The van der Waals surface area contributed by atoms with Crippen molar-refractivity contribution in [3.8, 4) is 11.3 Å². The van der Waals surface area contributed by atoms with Crippen molar-refractivity contribution in [2.45, 2.75) is 13.0 Å². The number of Topliss-reactive ketones (excluding diaryl/α,β-unsaturated/α-hetero) is 1. The van der Waals surface area contributed by atoms with E-state index in [-0.39, 0.29) is 0 Å². The molecule has 0 fully saturated rings. The second kappa shape index (κ2) is 6.12. The Bertz CT molecular complexity index is 632. The zero-order valence-electron chi connectivity index (χ0n) is 10.8. The van der Waals surface area contributed by atoms with Crippen LogP contribution in [0.5, 0.6) is 0 Å². The third kappa shape index (κ3) is 3.30. The van der Waals surface area contributed by atoms with E-state index in [2.05, 4.69) is 5.16 Å². The maximum atomic E-state index is 11.7. The minimum atomic E-state index is -1.15. The van der Waals surface area contributed by atoms with Gasteiger partial charge in [0.05, 0.1) is 6.61 Å². The summed E-state index contributed by atoms with van der Waals surface area (Å²) in [6, 6.07) is 8.30. The number of methoxy groups -OCH3 is 1. The van der Waals surface area contributed by atoms with Gasteiger partial charge in [0.15, 0.2) is 11.5 Å². The van der Waals surface area contributed by atoms with Crippen LogP contribution >= 0.6 is 0 Å². The molecule has 0 bridgehead atoms. The minimum absolute atomic E-state index is 0.328. The minimum Gasteiger partial charge on any atom is -0.481 e. The van der Waals surface area contributed by atoms with Crippen molar-refractivity contribution in [3.63, 3.8) is 0 Å². The highest BCUT2D eigenvalue weighted by atomic mass is 16.5. The fourth-order valence-corrected chi connectivity index (χ4v) is 1.75. The van der Waals surface area contributed by atoms with Crippen LogP contribution in [0.25, 0.3) is 11.3 Å². The number of carboxylic acids is 1. The number of hydrogen-bond donors (Lipinski definition) is 1. The lowest BCUT2D eigenvalue weighted by Crippen LogP contribution is -2.06. The maximum Gasteiger partial charge on any atom is 0.311 e. The highest BCUT2D eigenvalue weighted by Gasteiger charge is 2.13. The predicted molar refractivity (Wildman–Crippen MR) is 69.2 cm³/mol. The number of carbonyl (C=O) groups excluding carboxylic acids is 1. The van der Waals surface area contributed by atoms with Crippen LogP contribution in [0.3, 0.4) is 0 Å². The van der Waals surface area contributed by atoms with E-state index >= 15 is 0 Å². The van der Waals surface area contributed by atoms with Crippen LogP contribution in [0.2, 0.25) is 0 Å². The average molecular weight is 275 g/mol. The summed E-state index contributed by atoms with van der Waals surface area (Å²) in [6.45, 7) is 0.334. The Morgan fingerprint density at radius 3 is 2.85 bits per heavy atom. The summed E-state index contributed by atoms with van der Waals surface area (Å²) in [4.78, 5) is 22.2. The number of benzene rings is 1. The topological polar surface area (TPSA) is 89.6 Å². The molecule has 1 N–H and O–H groups in total. The number of hydrogen-bond acceptors (Lipinski definition) is 5. The van der Waals surface area contributed by atoms with Gasteiger partial charge in [0.1, 0.15) is 12.1 Å². The Balaban J connectivity index is 2.24. The normalized spacial score (nSPS) is 10.4. The zero-order chi connectivity index (χ0) is 14.5. The lowest BCUT2D eigenvalue weighted by Gasteiger charge is -2.00. The number of ketones is 1. The van der Waals surface area contributed by atoms with E-state index in [9.17, 15) is 9.59 Å². The van der Waals surface area contributed by atoms with Gasteiger partial charge in [0.25, 0.3) is 0 Å². The summed E-state index contributed by atoms with van der Waals surface area (Å²) in [6.07, 6.45) is -0.533. The summed E-state index contributed by atoms with van der Waals surface area (Å²) in [5.74, 6) is -1.10. The number of aromatic nitrogens is 1. The summed E-state index contributed by atoms with van der Waals surface area (Å²) in [5.41, 5.74) is 1.63. The molecule has 0 saturated heterocycles. The third-order valence-corrected chi connectivity index (χ3v) is 2.63. The van der Waals surface area contributed by atoms with Gasteiger partial charge >= 0.3 is 5.97 Å². The van der Waals surface area contributed by atoms with Gasteiger partial charge in [-0.2, -0.15) is 0 Å². The Labute approximate surface area is 115 Å². The van der Waals surface area contributed by atoms with Crippen molar-refractivity contribution in [3.05, 3.63) is 41.6 Å². The van der Waals surface area contributed by atoms with Crippen molar-refractivity contribution in [2.75, 3.05) is 7.11 Å². The van der Waals surface area contributed by atoms with Crippen molar-refractivity contribution >= 4 is 11.8 Å². The van der Waals surface area contributed by atoms with Crippen LogP contribution in [0.1, 0.15) is 22.5 Å². The molecule has 6 nitrogen and oxygen atoms in total. The summed E-state index contributed by atoms with van der Waals surface area (Å²) < 4.78 is 10.1. The monoisotopic (exact) mass is 275 g/mol. The predicted octanol–water partition coefficient (Wildman–Crippen LogP) is 2.15. The Kier molecular flexibility index (Phi) is 4.27. The Hall–Kier alpha value is -2.47. The first-order valence-corrected chi connectivity index (χ1v) is 5.90. The van der Waals surface area contributed by atoms with Gasteiger partial charge in [-0.1, -0.05) is 23.4 Å². The van der Waals surface area contributed by atoms with Crippen LogP contribution in [0, 0.1) is 0 Å².